The molecule has 0 aliphatic heterocycles. The highest BCUT2D eigenvalue weighted by molar-refractivity contribution is 7.89. The molecule has 1 amide bonds. The van der Waals surface area contributed by atoms with Gasteiger partial charge in [0.25, 0.3) is 0 Å². The molecular weight excluding hydrogens is 278 g/mol. The molecule has 0 aliphatic carbocycles. The molecule has 0 heterocycles. The van der Waals surface area contributed by atoms with Gasteiger partial charge in [-0.05, 0) is 38.1 Å². The average Bonchev–Trinajstić information content (AvgIpc) is 2.42. The van der Waals surface area contributed by atoms with Crippen LogP contribution in [0.15, 0.2) is 29.2 Å². The highest BCUT2D eigenvalue weighted by Crippen LogP contribution is 2.17. The van der Waals surface area contributed by atoms with Gasteiger partial charge in [-0.2, -0.15) is 0 Å². The molecule has 0 saturated heterocycles. The van der Waals surface area contributed by atoms with Crippen LogP contribution >= 0.6 is 0 Å². The fourth-order valence-corrected chi connectivity index (χ4v) is 2.80. The summed E-state index contributed by atoms with van der Waals surface area (Å²) in [6.07, 6.45) is 0.556. The minimum absolute atomic E-state index is 0.0695. The van der Waals surface area contributed by atoms with Crippen LogP contribution in [0.5, 0.6) is 0 Å². The average molecular weight is 299 g/mol. The second-order valence-corrected chi connectivity index (χ2v) is 6.32. The maximum atomic E-state index is 12.1. The van der Waals surface area contributed by atoms with E-state index in [0.29, 0.717) is 6.42 Å². The lowest BCUT2D eigenvalue weighted by Crippen LogP contribution is -2.26. The van der Waals surface area contributed by atoms with Crippen LogP contribution in [0, 0.1) is 0 Å². The van der Waals surface area contributed by atoms with Gasteiger partial charge >= 0.3 is 0 Å². The van der Waals surface area contributed by atoms with Crippen LogP contribution in [-0.4, -0.2) is 27.9 Å². The first-order valence-corrected chi connectivity index (χ1v) is 7.90. The number of sulfonamides is 1. The van der Waals surface area contributed by atoms with Crippen LogP contribution in [0.3, 0.4) is 0 Å². The molecule has 0 aliphatic rings. The Balaban J connectivity index is 2.74. The molecule has 4 N–H and O–H groups in total. The third-order valence-electron chi connectivity index (χ3n) is 2.99. The summed E-state index contributed by atoms with van der Waals surface area (Å²) in [5, 5.41) is 3.06. The second kappa shape index (κ2) is 7.37. The van der Waals surface area contributed by atoms with Crippen molar-refractivity contribution in [3.63, 3.8) is 0 Å². The molecule has 0 aromatic heterocycles. The largest absolute Gasteiger partial charge is 0.370 e. The molecule has 1 aromatic carbocycles. The molecule has 0 radical (unpaired) electrons. The Morgan fingerprint density at radius 2 is 2.10 bits per heavy atom. The summed E-state index contributed by atoms with van der Waals surface area (Å²) in [7, 11) is -1.74. The summed E-state index contributed by atoms with van der Waals surface area (Å²) in [5.41, 5.74) is 5.89. The fraction of sp³-hybridized carbons (Fsp3) is 0.462. The lowest BCUT2D eigenvalue weighted by atomic mass is 10.1. The van der Waals surface area contributed by atoms with E-state index in [4.69, 9.17) is 5.73 Å². The minimum Gasteiger partial charge on any atom is -0.370 e. The maximum Gasteiger partial charge on any atom is 0.240 e. The first-order chi connectivity index (χ1) is 9.36. The lowest BCUT2D eigenvalue weighted by Gasteiger charge is -2.12. The molecule has 0 bridgehead atoms. The van der Waals surface area contributed by atoms with Gasteiger partial charge in [0.2, 0.25) is 15.9 Å². The highest BCUT2D eigenvalue weighted by atomic mass is 32.2. The first-order valence-electron chi connectivity index (χ1n) is 6.42. The molecule has 0 saturated carbocycles. The van der Waals surface area contributed by atoms with Gasteiger partial charge in [-0.3, -0.25) is 4.79 Å². The van der Waals surface area contributed by atoms with E-state index in [1.807, 2.05) is 20.0 Å². The van der Waals surface area contributed by atoms with Crippen LogP contribution in [0.2, 0.25) is 0 Å². The monoisotopic (exact) mass is 299 g/mol. The first kappa shape index (κ1) is 16.6. The van der Waals surface area contributed by atoms with Gasteiger partial charge in [-0.15, -0.1) is 0 Å². The topological polar surface area (TPSA) is 101 Å². The molecule has 6 nitrogen and oxygen atoms in total. The Bertz CT molecular complexity index is 558. The molecule has 0 fully saturated rings. The smallest absolute Gasteiger partial charge is 0.240 e. The zero-order chi connectivity index (χ0) is 15.2. The van der Waals surface area contributed by atoms with Gasteiger partial charge in [0.1, 0.15) is 0 Å². The summed E-state index contributed by atoms with van der Waals surface area (Å²) in [6, 6.07) is 6.83. The summed E-state index contributed by atoms with van der Waals surface area (Å²) in [6.45, 7) is 2.14. The van der Waals surface area contributed by atoms with Crippen molar-refractivity contribution in [2.24, 2.45) is 5.73 Å². The number of rotatable bonds is 8. The number of benzene rings is 1. The molecule has 0 spiro atoms. The maximum absolute atomic E-state index is 12.1. The Kier molecular flexibility index (Phi) is 6.12. The van der Waals surface area contributed by atoms with Crippen LogP contribution in [0.4, 0.5) is 0 Å². The number of amides is 1. The Morgan fingerprint density at radius 1 is 1.40 bits per heavy atom. The predicted molar refractivity (Wildman–Crippen MR) is 77.5 cm³/mol. The Labute approximate surface area is 119 Å². The molecule has 1 unspecified atom stereocenters. The van der Waals surface area contributed by atoms with Crippen LogP contribution in [0.25, 0.3) is 0 Å². The zero-order valence-corrected chi connectivity index (χ0v) is 12.5. The minimum atomic E-state index is -3.55. The van der Waals surface area contributed by atoms with Gasteiger partial charge < -0.3 is 11.1 Å². The Morgan fingerprint density at radius 3 is 2.70 bits per heavy atom. The van der Waals surface area contributed by atoms with E-state index >= 15 is 0 Å². The highest BCUT2D eigenvalue weighted by Gasteiger charge is 2.15. The van der Waals surface area contributed by atoms with Gasteiger partial charge in [0.15, 0.2) is 0 Å². The standard InChI is InChI=1S/C13H21N3O3S/c1-10(15-2)11-5-3-6-12(9-11)20(18,19)16-8-4-7-13(14)17/h3,5-6,9-10,15-16H,4,7-8H2,1-2H3,(H2,14,17). The number of carbonyl (C=O) groups excluding carboxylic acids is 1. The SMILES string of the molecule is CNC(C)c1cccc(S(=O)(=O)NCCCC(N)=O)c1. The number of hydrogen-bond donors (Lipinski definition) is 3. The lowest BCUT2D eigenvalue weighted by molar-refractivity contribution is -0.118. The van der Waals surface area contributed by atoms with Crippen molar-refractivity contribution in [2.45, 2.75) is 30.7 Å². The van der Waals surface area contributed by atoms with Gasteiger partial charge in [0, 0.05) is 19.0 Å². The number of nitrogens with two attached hydrogens (primary N) is 1. The quantitative estimate of drug-likeness (QED) is 0.609. The van der Waals surface area contributed by atoms with Crippen molar-refractivity contribution in [2.75, 3.05) is 13.6 Å². The van der Waals surface area contributed by atoms with E-state index in [2.05, 4.69) is 10.0 Å². The third-order valence-corrected chi connectivity index (χ3v) is 4.45. The van der Waals surface area contributed by atoms with E-state index in [1.165, 1.54) is 0 Å². The van der Waals surface area contributed by atoms with Gasteiger partial charge in [-0.1, -0.05) is 12.1 Å². The van der Waals surface area contributed by atoms with Crippen molar-refractivity contribution in [3.8, 4) is 0 Å². The van der Waals surface area contributed by atoms with Crippen molar-refractivity contribution in [3.05, 3.63) is 29.8 Å². The Hall–Kier alpha value is -1.44. The van der Waals surface area contributed by atoms with Crippen LogP contribution in [0.1, 0.15) is 31.4 Å². The van der Waals surface area contributed by atoms with Crippen molar-refractivity contribution in [1.29, 1.82) is 0 Å². The number of carbonyl (C=O) groups is 1. The molecule has 1 atom stereocenters. The summed E-state index contributed by atoms with van der Waals surface area (Å²) >= 11 is 0. The number of hydrogen-bond acceptors (Lipinski definition) is 4. The van der Waals surface area contributed by atoms with E-state index in [9.17, 15) is 13.2 Å². The van der Waals surface area contributed by atoms with E-state index in [0.717, 1.165) is 5.56 Å². The molecule has 1 aromatic rings. The molecule has 1 rings (SSSR count). The van der Waals surface area contributed by atoms with Gasteiger partial charge in [0.05, 0.1) is 4.90 Å². The second-order valence-electron chi connectivity index (χ2n) is 4.55. The van der Waals surface area contributed by atoms with Crippen molar-refractivity contribution >= 4 is 15.9 Å². The summed E-state index contributed by atoms with van der Waals surface area (Å²) < 4.78 is 26.6. The fourth-order valence-electron chi connectivity index (χ4n) is 1.67. The van der Waals surface area contributed by atoms with Crippen molar-refractivity contribution < 1.29 is 13.2 Å². The van der Waals surface area contributed by atoms with E-state index in [-0.39, 0.29) is 23.9 Å². The van der Waals surface area contributed by atoms with E-state index in [1.54, 1.807) is 18.2 Å². The molecule has 20 heavy (non-hydrogen) atoms. The third kappa shape index (κ3) is 4.92. The molecular formula is C13H21N3O3S. The number of nitrogens with one attached hydrogen (secondary N) is 2. The summed E-state index contributed by atoms with van der Waals surface area (Å²) in [4.78, 5) is 10.8. The predicted octanol–water partition coefficient (Wildman–Crippen LogP) is 0.511. The van der Waals surface area contributed by atoms with Crippen LogP contribution in [-0.2, 0) is 14.8 Å². The summed E-state index contributed by atoms with van der Waals surface area (Å²) in [5.74, 6) is -0.436. The normalized spacial score (nSPS) is 13.1. The molecule has 112 valence electrons. The molecule has 7 heteroatoms. The zero-order valence-electron chi connectivity index (χ0n) is 11.7. The van der Waals surface area contributed by atoms with Gasteiger partial charge in [-0.25, -0.2) is 13.1 Å². The van der Waals surface area contributed by atoms with E-state index < -0.39 is 15.9 Å². The van der Waals surface area contributed by atoms with Crippen LogP contribution < -0.4 is 15.8 Å². The van der Waals surface area contributed by atoms with Crippen molar-refractivity contribution in [1.82, 2.24) is 10.0 Å². The number of primary amides is 1.